The SMILES string of the molecule is CN(Cc1ccco1)C(=O)CN1C(=O)N[C@](Cc2ccccc2)(c2ccccc2)C1=O. The predicted molar refractivity (Wildman–Crippen MR) is 114 cm³/mol. The van der Waals surface area contributed by atoms with Crippen LogP contribution in [-0.2, 0) is 28.1 Å². The van der Waals surface area contributed by atoms with Crippen molar-refractivity contribution in [3.05, 3.63) is 95.9 Å². The second kappa shape index (κ2) is 8.47. The van der Waals surface area contributed by atoms with Crippen LogP contribution in [0, 0.1) is 0 Å². The lowest BCUT2D eigenvalue weighted by molar-refractivity contribution is -0.138. The second-order valence-electron chi connectivity index (χ2n) is 7.58. The van der Waals surface area contributed by atoms with Crippen LogP contribution in [0.15, 0.2) is 83.5 Å². The monoisotopic (exact) mass is 417 g/mol. The van der Waals surface area contributed by atoms with Gasteiger partial charge in [0.1, 0.15) is 12.3 Å². The number of hydrogen-bond donors (Lipinski definition) is 1. The third-order valence-corrected chi connectivity index (χ3v) is 5.45. The van der Waals surface area contributed by atoms with Crippen molar-refractivity contribution in [1.82, 2.24) is 15.1 Å². The summed E-state index contributed by atoms with van der Waals surface area (Å²) in [6, 6.07) is 21.6. The van der Waals surface area contributed by atoms with Gasteiger partial charge in [0, 0.05) is 13.5 Å². The predicted octanol–water partition coefficient (Wildman–Crippen LogP) is 2.93. The summed E-state index contributed by atoms with van der Waals surface area (Å²) >= 11 is 0. The summed E-state index contributed by atoms with van der Waals surface area (Å²) in [5, 5.41) is 2.87. The molecule has 2 aromatic carbocycles. The maximum atomic E-state index is 13.6. The van der Waals surface area contributed by atoms with Gasteiger partial charge < -0.3 is 14.6 Å². The Labute approximate surface area is 180 Å². The summed E-state index contributed by atoms with van der Waals surface area (Å²) < 4.78 is 5.27. The molecule has 1 fully saturated rings. The maximum absolute atomic E-state index is 13.6. The Balaban J connectivity index is 1.59. The summed E-state index contributed by atoms with van der Waals surface area (Å²) in [4.78, 5) is 41.6. The highest BCUT2D eigenvalue weighted by molar-refractivity contribution is 6.09. The van der Waals surface area contributed by atoms with Crippen LogP contribution in [0.5, 0.6) is 0 Å². The van der Waals surface area contributed by atoms with Crippen molar-refractivity contribution >= 4 is 17.8 Å². The van der Waals surface area contributed by atoms with E-state index in [1.54, 1.807) is 19.2 Å². The van der Waals surface area contributed by atoms with Gasteiger partial charge >= 0.3 is 6.03 Å². The molecule has 1 aliphatic rings. The van der Waals surface area contributed by atoms with Gasteiger partial charge in [0.25, 0.3) is 5.91 Å². The lowest BCUT2D eigenvalue weighted by atomic mass is 9.83. The number of urea groups is 1. The van der Waals surface area contributed by atoms with Crippen molar-refractivity contribution in [3.8, 4) is 0 Å². The Hall–Kier alpha value is -3.87. The zero-order valence-corrected chi connectivity index (χ0v) is 17.2. The first-order chi connectivity index (χ1) is 15.0. The zero-order chi connectivity index (χ0) is 21.8. The van der Waals surface area contributed by atoms with E-state index in [0.717, 1.165) is 10.5 Å². The van der Waals surface area contributed by atoms with E-state index in [4.69, 9.17) is 4.42 Å². The number of carbonyl (C=O) groups excluding carboxylic acids is 3. The molecule has 1 aromatic heterocycles. The van der Waals surface area contributed by atoms with E-state index in [2.05, 4.69) is 5.32 Å². The molecular weight excluding hydrogens is 394 g/mol. The largest absolute Gasteiger partial charge is 0.467 e. The fourth-order valence-electron chi connectivity index (χ4n) is 3.79. The topological polar surface area (TPSA) is 82.9 Å². The zero-order valence-electron chi connectivity index (χ0n) is 17.2. The number of amides is 4. The van der Waals surface area contributed by atoms with E-state index in [-0.39, 0.29) is 25.4 Å². The average Bonchev–Trinajstić information content (AvgIpc) is 3.37. The van der Waals surface area contributed by atoms with E-state index in [1.807, 2.05) is 60.7 Å². The van der Waals surface area contributed by atoms with Gasteiger partial charge in [0.05, 0.1) is 12.8 Å². The number of nitrogens with one attached hydrogen (secondary N) is 1. The molecule has 2 heterocycles. The number of rotatable bonds is 7. The van der Waals surface area contributed by atoms with E-state index in [0.29, 0.717) is 11.3 Å². The van der Waals surface area contributed by atoms with E-state index >= 15 is 0 Å². The van der Waals surface area contributed by atoms with E-state index in [1.165, 1.54) is 11.2 Å². The summed E-state index contributed by atoms with van der Waals surface area (Å²) in [7, 11) is 1.61. The lowest BCUT2D eigenvalue weighted by Crippen LogP contribution is -2.47. The minimum atomic E-state index is -1.26. The van der Waals surface area contributed by atoms with Gasteiger partial charge in [-0.1, -0.05) is 60.7 Å². The van der Waals surface area contributed by atoms with Gasteiger partial charge in [0.15, 0.2) is 5.54 Å². The molecule has 1 aliphatic heterocycles. The molecular formula is C24H23N3O4. The lowest BCUT2D eigenvalue weighted by Gasteiger charge is -2.28. The van der Waals surface area contributed by atoms with Gasteiger partial charge in [-0.05, 0) is 23.3 Å². The van der Waals surface area contributed by atoms with E-state index < -0.39 is 17.5 Å². The molecule has 4 amide bonds. The molecule has 7 heteroatoms. The molecule has 0 spiro atoms. The standard InChI is InChI=1S/C24H23N3O4/c1-26(16-20-13-8-14-31-20)21(28)17-27-22(29)24(25-23(27)30,19-11-6-3-7-12-19)15-18-9-4-2-5-10-18/h2-14H,15-17H2,1H3,(H,25,30)/t24-/m1/s1. The second-order valence-corrected chi connectivity index (χ2v) is 7.58. The van der Waals surface area contributed by atoms with Gasteiger partial charge in [-0.25, -0.2) is 4.79 Å². The minimum Gasteiger partial charge on any atom is -0.467 e. The van der Waals surface area contributed by atoms with Crippen LogP contribution in [0.1, 0.15) is 16.9 Å². The van der Waals surface area contributed by atoms with Crippen LogP contribution in [-0.4, -0.2) is 41.2 Å². The van der Waals surface area contributed by atoms with Crippen molar-refractivity contribution in [2.75, 3.05) is 13.6 Å². The van der Waals surface area contributed by atoms with Crippen LogP contribution < -0.4 is 5.32 Å². The number of likely N-dealkylation sites (N-methyl/N-ethyl adjacent to an activating group) is 1. The highest BCUT2D eigenvalue weighted by Crippen LogP contribution is 2.33. The van der Waals surface area contributed by atoms with Crippen molar-refractivity contribution in [3.63, 3.8) is 0 Å². The molecule has 0 unspecified atom stereocenters. The molecule has 0 radical (unpaired) electrons. The Morgan fingerprint density at radius 1 is 1.00 bits per heavy atom. The van der Waals surface area contributed by atoms with Crippen LogP contribution in [0.4, 0.5) is 4.79 Å². The van der Waals surface area contributed by atoms with Crippen LogP contribution in [0.3, 0.4) is 0 Å². The molecule has 31 heavy (non-hydrogen) atoms. The number of furan rings is 1. The fraction of sp³-hybridized carbons (Fsp3) is 0.208. The smallest absolute Gasteiger partial charge is 0.325 e. The molecule has 4 rings (SSSR count). The van der Waals surface area contributed by atoms with Gasteiger partial charge in [-0.2, -0.15) is 0 Å². The molecule has 1 saturated heterocycles. The van der Waals surface area contributed by atoms with Gasteiger partial charge in [-0.3, -0.25) is 14.5 Å². The first-order valence-corrected chi connectivity index (χ1v) is 9.99. The number of hydrogen-bond acceptors (Lipinski definition) is 4. The Morgan fingerprint density at radius 3 is 2.32 bits per heavy atom. The Kier molecular flexibility index (Phi) is 5.58. The van der Waals surface area contributed by atoms with Crippen molar-refractivity contribution in [1.29, 1.82) is 0 Å². The molecule has 7 nitrogen and oxygen atoms in total. The Bertz CT molecular complexity index is 1070. The van der Waals surface area contributed by atoms with Crippen molar-refractivity contribution < 1.29 is 18.8 Å². The first kappa shape index (κ1) is 20.4. The molecule has 0 saturated carbocycles. The van der Waals surface area contributed by atoms with Crippen LogP contribution in [0.2, 0.25) is 0 Å². The fourth-order valence-corrected chi connectivity index (χ4v) is 3.79. The number of imide groups is 1. The molecule has 0 aliphatic carbocycles. The quantitative estimate of drug-likeness (QED) is 0.599. The summed E-state index contributed by atoms with van der Waals surface area (Å²) in [6.07, 6.45) is 1.82. The Morgan fingerprint density at radius 2 is 1.68 bits per heavy atom. The van der Waals surface area contributed by atoms with Crippen LogP contribution in [0.25, 0.3) is 0 Å². The third kappa shape index (κ3) is 4.07. The number of nitrogens with zero attached hydrogens (tertiary/aromatic N) is 2. The molecule has 1 atom stereocenters. The van der Waals surface area contributed by atoms with Crippen LogP contribution >= 0.6 is 0 Å². The number of carbonyl (C=O) groups is 3. The highest BCUT2D eigenvalue weighted by Gasteiger charge is 2.52. The summed E-state index contributed by atoms with van der Waals surface area (Å²) in [6.45, 7) is -0.0887. The molecule has 3 aromatic rings. The van der Waals surface area contributed by atoms with Crippen molar-refractivity contribution in [2.24, 2.45) is 0 Å². The first-order valence-electron chi connectivity index (χ1n) is 9.99. The summed E-state index contributed by atoms with van der Waals surface area (Å²) in [5.41, 5.74) is 0.318. The third-order valence-electron chi connectivity index (χ3n) is 5.45. The van der Waals surface area contributed by atoms with Gasteiger partial charge in [-0.15, -0.1) is 0 Å². The van der Waals surface area contributed by atoms with E-state index in [9.17, 15) is 14.4 Å². The number of benzene rings is 2. The molecule has 158 valence electrons. The highest BCUT2D eigenvalue weighted by atomic mass is 16.3. The molecule has 0 bridgehead atoms. The minimum absolute atomic E-state index is 0.253. The van der Waals surface area contributed by atoms with Crippen molar-refractivity contribution in [2.45, 2.75) is 18.5 Å². The summed E-state index contributed by atoms with van der Waals surface area (Å²) in [5.74, 6) is -0.175. The molecule has 1 N–H and O–H groups in total. The van der Waals surface area contributed by atoms with Gasteiger partial charge in [0.2, 0.25) is 5.91 Å². The average molecular weight is 417 g/mol. The maximum Gasteiger partial charge on any atom is 0.325 e. The normalized spacial score (nSPS) is 18.2.